The number of anilines is 1. The SMILES string of the molecule is Cc1noc(-c2ccnc(N3C[C@H]4C[C@@H](n5cccn5)[C@H](O)C[C@H]4C3)c2)n1. The van der Waals surface area contributed by atoms with Gasteiger partial charge >= 0.3 is 0 Å². The minimum absolute atomic E-state index is 0.0573. The van der Waals surface area contributed by atoms with E-state index in [1.54, 1.807) is 12.4 Å². The highest BCUT2D eigenvalue weighted by molar-refractivity contribution is 5.59. The van der Waals surface area contributed by atoms with E-state index in [0.29, 0.717) is 23.6 Å². The zero-order valence-corrected chi connectivity index (χ0v) is 15.1. The van der Waals surface area contributed by atoms with Gasteiger partial charge in [-0.15, -0.1) is 0 Å². The average molecular weight is 366 g/mol. The van der Waals surface area contributed by atoms with E-state index < -0.39 is 0 Å². The predicted octanol–water partition coefficient (Wildman–Crippen LogP) is 2.08. The minimum Gasteiger partial charge on any atom is -0.391 e. The standard InChI is InChI=1S/C19H22N6O2/c1-12-22-19(27-23-12)13-3-5-20-18(9-13)24-10-14-7-16(25-6-2-4-21-25)17(26)8-15(14)11-24/h2-6,9,14-17,26H,7-8,10-11H2,1H3/t14-,15+,16-,17-/m1/s1. The molecular weight excluding hydrogens is 344 g/mol. The number of rotatable bonds is 3. The highest BCUT2D eigenvalue weighted by atomic mass is 16.5. The number of aliphatic hydroxyl groups is 1. The molecule has 1 aliphatic carbocycles. The molecule has 0 amide bonds. The quantitative estimate of drug-likeness (QED) is 0.758. The molecule has 3 aromatic rings. The summed E-state index contributed by atoms with van der Waals surface area (Å²) in [6.45, 7) is 3.66. The van der Waals surface area contributed by atoms with E-state index in [0.717, 1.165) is 37.3 Å². The summed E-state index contributed by atoms with van der Waals surface area (Å²) in [5.41, 5.74) is 0.880. The van der Waals surface area contributed by atoms with Crippen LogP contribution in [0.5, 0.6) is 0 Å². The van der Waals surface area contributed by atoms with Crippen LogP contribution in [0.25, 0.3) is 11.5 Å². The second kappa shape index (κ2) is 6.45. The number of hydrogen-bond donors (Lipinski definition) is 1. The van der Waals surface area contributed by atoms with Gasteiger partial charge in [-0.05, 0) is 49.8 Å². The first kappa shape index (κ1) is 16.4. The van der Waals surface area contributed by atoms with Crippen molar-refractivity contribution in [2.75, 3.05) is 18.0 Å². The average Bonchev–Trinajstić information content (AvgIpc) is 3.41. The molecule has 27 heavy (non-hydrogen) atoms. The number of aryl methyl sites for hydroxylation is 1. The van der Waals surface area contributed by atoms with Gasteiger partial charge in [-0.1, -0.05) is 5.16 Å². The van der Waals surface area contributed by atoms with Crippen molar-refractivity contribution < 1.29 is 9.63 Å². The molecule has 2 aliphatic rings. The summed E-state index contributed by atoms with van der Waals surface area (Å²) in [4.78, 5) is 11.2. The fraction of sp³-hybridized carbons (Fsp3) is 0.474. The summed E-state index contributed by atoms with van der Waals surface area (Å²) in [7, 11) is 0. The Balaban J connectivity index is 1.35. The van der Waals surface area contributed by atoms with Gasteiger partial charge in [0.15, 0.2) is 5.82 Å². The molecule has 1 saturated carbocycles. The van der Waals surface area contributed by atoms with Gasteiger partial charge < -0.3 is 14.5 Å². The van der Waals surface area contributed by atoms with Crippen molar-refractivity contribution in [1.29, 1.82) is 0 Å². The maximum absolute atomic E-state index is 10.6. The second-order valence-corrected chi connectivity index (χ2v) is 7.57. The van der Waals surface area contributed by atoms with Crippen molar-refractivity contribution in [3.05, 3.63) is 42.6 Å². The number of aliphatic hydroxyl groups excluding tert-OH is 1. The maximum atomic E-state index is 10.6. The first-order valence-corrected chi connectivity index (χ1v) is 9.36. The lowest BCUT2D eigenvalue weighted by molar-refractivity contribution is 0.0306. The first-order chi connectivity index (χ1) is 13.2. The molecule has 0 bridgehead atoms. The van der Waals surface area contributed by atoms with Crippen LogP contribution in [0.15, 0.2) is 41.3 Å². The van der Waals surface area contributed by atoms with E-state index in [2.05, 4.69) is 25.1 Å². The molecule has 4 heterocycles. The van der Waals surface area contributed by atoms with E-state index in [9.17, 15) is 5.11 Å². The van der Waals surface area contributed by atoms with Gasteiger partial charge in [0.1, 0.15) is 5.82 Å². The largest absolute Gasteiger partial charge is 0.391 e. The predicted molar refractivity (Wildman–Crippen MR) is 98.0 cm³/mol. The monoisotopic (exact) mass is 366 g/mol. The molecule has 5 rings (SSSR count). The van der Waals surface area contributed by atoms with Gasteiger partial charge in [-0.25, -0.2) is 4.98 Å². The van der Waals surface area contributed by atoms with Crippen LogP contribution in [0.1, 0.15) is 24.7 Å². The van der Waals surface area contributed by atoms with Crippen molar-refractivity contribution in [1.82, 2.24) is 24.9 Å². The number of pyridine rings is 1. The van der Waals surface area contributed by atoms with Gasteiger partial charge in [0, 0.05) is 37.2 Å². The third kappa shape index (κ3) is 2.99. The Labute approximate surface area is 156 Å². The van der Waals surface area contributed by atoms with Crippen LogP contribution >= 0.6 is 0 Å². The Morgan fingerprint density at radius 1 is 1.19 bits per heavy atom. The molecule has 1 saturated heterocycles. The summed E-state index contributed by atoms with van der Waals surface area (Å²) >= 11 is 0. The van der Waals surface area contributed by atoms with Crippen LogP contribution in [-0.4, -0.2) is 49.2 Å². The number of hydrogen-bond acceptors (Lipinski definition) is 7. The van der Waals surface area contributed by atoms with Crippen LogP contribution in [0.4, 0.5) is 5.82 Å². The van der Waals surface area contributed by atoms with Crippen molar-refractivity contribution >= 4 is 5.82 Å². The Hall–Kier alpha value is -2.74. The van der Waals surface area contributed by atoms with E-state index in [-0.39, 0.29) is 12.1 Å². The molecule has 0 unspecified atom stereocenters. The fourth-order valence-electron chi connectivity index (χ4n) is 4.49. The Morgan fingerprint density at radius 3 is 2.78 bits per heavy atom. The lowest BCUT2D eigenvalue weighted by Crippen LogP contribution is -2.36. The molecule has 1 N–H and O–H groups in total. The Morgan fingerprint density at radius 2 is 2.04 bits per heavy atom. The molecular formula is C19H22N6O2. The third-order valence-corrected chi connectivity index (χ3v) is 5.82. The molecule has 0 radical (unpaired) electrons. The van der Waals surface area contributed by atoms with Gasteiger partial charge in [0.25, 0.3) is 5.89 Å². The third-order valence-electron chi connectivity index (χ3n) is 5.82. The summed E-state index contributed by atoms with van der Waals surface area (Å²) in [5.74, 6) is 3.06. The zero-order valence-electron chi connectivity index (χ0n) is 15.1. The van der Waals surface area contributed by atoms with Crippen LogP contribution in [0.2, 0.25) is 0 Å². The first-order valence-electron chi connectivity index (χ1n) is 9.36. The van der Waals surface area contributed by atoms with Gasteiger partial charge in [0.2, 0.25) is 0 Å². The molecule has 8 nitrogen and oxygen atoms in total. The molecule has 2 fully saturated rings. The molecule has 1 aliphatic heterocycles. The Bertz CT molecular complexity index is 924. The summed E-state index contributed by atoms with van der Waals surface area (Å²) in [6, 6.07) is 5.86. The Kier molecular flexibility index (Phi) is 3.93. The molecule has 3 aromatic heterocycles. The lowest BCUT2D eigenvalue weighted by Gasteiger charge is -2.35. The van der Waals surface area contributed by atoms with Crippen molar-refractivity contribution in [3.63, 3.8) is 0 Å². The zero-order chi connectivity index (χ0) is 18.4. The van der Waals surface area contributed by atoms with Gasteiger partial charge in [-0.3, -0.25) is 4.68 Å². The summed E-state index contributed by atoms with van der Waals surface area (Å²) in [5, 5.41) is 18.8. The molecule has 140 valence electrons. The van der Waals surface area contributed by atoms with Crippen LogP contribution in [0, 0.1) is 18.8 Å². The molecule has 4 atom stereocenters. The topological polar surface area (TPSA) is 93.1 Å². The van der Waals surface area contributed by atoms with Crippen molar-refractivity contribution in [3.8, 4) is 11.5 Å². The van der Waals surface area contributed by atoms with Crippen LogP contribution in [0.3, 0.4) is 0 Å². The number of aromatic nitrogens is 5. The van der Waals surface area contributed by atoms with Crippen LogP contribution in [-0.2, 0) is 0 Å². The molecule has 0 spiro atoms. The minimum atomic E-state index is -0.355. The highest BCUT2D eigenvalue weighted by Gasteiger charge is 2.42. The summed E-state index contributed by atoms with van der Waals surface area (Å²) < 4.78 is 7.18. The fourth-order valence-corrected chi connectivity index (χ4v) is 4.49. The van der Waals surface area contributed by atoms with Gasteiger partial charge in [0.05, 0.1) is 12.1 Å². The van der Waals surface area contributed by atoms with Crippen molar-refractivity contribution in [2.45, 2.75) is 31.9 Å². The van der Waals surface area contributed by atoms with Crippen LogP contribution < -0.4 is 4.90 Å². The van der Waals surface area contributed by atoms with Crippen molar-refractivity contribution in [2.24, 2.45) is 11.8 Å². The number of nitrogens with zero attached hydrogens (tertiary/aromatic N) is 6. The summed E-state index contributed by atoms with van der Waals surface area (Å²) in [6.07, 6.45) is 6.88. The van der Waals surface area contributed by atoms with E-state index in [1.165, 1.54) is 0 Å². The normalized spacial score (nSPS) is 27.7. The van der Waals surface area contributed by atoms with E-state index >= 15 is 0 Å². The molecule has 8 heteroatoms. The second-order valence-electron chi connectivity index (χ2n) is 7.57. The smallest absolute Gasteiger partial charge is 0.258 e. The lowest BCUT2D eigenvalue weighted by atomic mass is 9.77. The van der Waals surface area contributed by atoms with E-state index in [1.807, 2.05) is 36.0 Å². The van der Waals surface area contributed by atoms with E-state index in [4.69, 9.17) is 4.52 Å². The maximum Gasteiger partial charge on any atom is 0.258 e. The molecule has 0 aromatic carbocycles. The van der Waals surface area contributed by atoms with Gasteiger partial charge in [-0.2, -0.15) is 10.1 Å². The number of fused-ring (bicyclic) bond motifs is 1. The highest BCUT2D eigenvalue weighted by Crippen LogP contribution is 2.42.